The van der Waals surface area contributed by atoms with Gasteiger partial charge in [0, 0.05) is 42.9 Å². The largest absolute Gasteiger partial charge is 0.339 e. The fourth-order valence-electron chi connectivity index (χ4n) is 3.43. The maximum atomic E-state index is 12.6. The normalized spacial score (nSPS) is 14.4. The Morgan fingerprint density at radius 1 is 0.929 bits per heavy atom. The minimum Gasteiger partial charge on any atom is -0.339 e. The molecule has 146 valence electrons. The van der Waals surface area contributed by atoms with Gasteiger partial charge in [0.15, 0.2) is 0 Å². The molecule has 3 amide bonds. The summed E-state index contributed by atoms with van der Waals surface area (Å²) in [5, 5.41) is 5.62. The fourth-order valence-corrected chi connectivity index (χ4v) is 3.43. The molecular formula is C22H25N3O3. The summed E-state index contributed by atoms with van der Waals surface area (Å²) in [7, 11) is 0. The van der Waals surface area contributed by atoms with E-state index in [1.807, 2.05) is 36.1 Å². The molecule has 1 heterocycles. The molecule has 6 nitrogen and oxygen atoms in total. The van der Waals surface area contributed by atoms with Crippen molar-refractivity contribution in [2.75, 3.05) is 23.7 Å². The molecule has 1 fully saturated rings. The van der Waals surface area contributed by atoms with Crippen LogP contribution in [0.2, 0.25) is 0 Å². The van der Waals surface area contributed by atoms with Crippen molar-refractivity contribution < 1.29 is 14.4 Å². The van der Waals surface area contributed by atoms with Gasteiger partial charge in [-0.2, -0.15) is 0 Å². The first-order valence-corrected chi connectivity index (χ1v) is 9.47. The number of anilines is 2. The van der Waals surface area contributed by atoms with Crippen molar-refractivity contribution in [3.8, 4) is 0 Å². The molecule has 2 N–H and O–H groups in total. The van der Waals surface area contributed by atoms with Gasteiger partial charge in [-0.15, -0.1) is 0 Å². The predicted molar refractivity (Wildman–Crippen MR) is 109 cm³/mol. The van der Waals surface area contributed by atoms with Gasteiger partial charge in [-0.05, 0) is 50.1 Å². The van der Waals surface area contributed by atoms with Crippen LogP contribution in [0, 0.1) is 12.8 Å². The van der Waals surface area contributed by atoms with E-state index < -0.39 is 0 Å². The van der Waals surface area contributed by atoms with Gasteiger partial charge in [0.25, 0.3) is 5.91 Å². The Hall–Kier alpha value is -3.15. The molecule has 2 aromatic carbocycles. The van der Waals surface area contributed by atoms with E-state index >= 15 is 0 Å². The quantitative estimate of drug-likeness (QED) is 0.854. The second-order valence-electron chi connectivity index (χ2n) is 7.19. The van der Waals surface area contributed by atoms with Gasteiger partial charge in [0.2, 0.25) is 11.8 Å². The number of benzene rings is 2. The Bertz CT molecular complexity index is 886. The van der Waals surface area contributed by atoms with Crippen LogP contribution in [0.4, 0.5) is 11.4 Å². The minimum absolute atomic E-state index is 0.0190. The lowest BCUT2D eigenvalue weighted by molar-refractivity contribution is -0.121. The van der Waals surface area contributed by atoms with Gasteiger partial charge in [-0.1, -0.05) is 23.8 Å². The highest BCUT2D eigenvalue weighted by Gasteiger charge is 2.28. The van der Waals surface area contributed by atoms with E-state index in [-0.39, 0.29) is 23.6 Å². The number of carbonyl (C=O) groups is 3. The molecule has 28 heavy (non-hydrogen) atoms. The van der Waals surface area contributed by atoms with Crippen molar-refractivity contribution in [2.24, 2.45) is 5.92 Å². The Morgan fingerprint density at radius 2 is 1.57 bits per heavy atom. The van der Waals surface area contributed by atoms with Gasteiger partial charge in [-0.3, -0.25) is 14.4 Å². The number of nitrogens with one attached hydrogen (secondary N) is 2. The van der Waals surface area contributed by atoms with Crippen molar-refractivity contribution in [1.29, 1.82) is 0 Å². The van der Waals surface area contributed by atoms with Gasteiger partial charge in [0.1, 0.15) is 0 Å². The Kier molecular flexibility index (Phi) is 6.09. The highest BCUT2D eigenvalue weighted by molar-refractivity contribution is 5.96. The summed E-state index contributed by atoms with van der Waals surface area (Å²) in [5.41, 5.74) is 3.04. The first-order chi connectivity index (χ1) is 13.4. The zero-order chi connectivity index (χ0) is 20.1. The first kappa shape index (κ1) is 19.6. The molecule has 2 aromatic rings. The van der Waals surface area contributed by atoms with E-state index in [1.165, 1.54) is 6.92 Å². The molecule has 0 saturated carbocycles. The van der Waals surface area contributed by atoms with E-state index in [0.29, 0.717) is 42.9 Å². The number of hydrogen-bond donors (Lipinski definition) is 2. The molecule has 0 aliphatic carbocycles. The van der Waals surface area contributed by atoms with Crippen LogP contribution in [0.15, 0.2) is 48.5 Å². The SMILES string of the molecule is CC(=O)Nc1cccc(NC(=O)C2CCN(C(=O)c3cccc(C)c3)CC2)c1. The van der Waals surface area contributed by atoms with Crippen LogP contribution in [0.1, 0.15) is 35.7 Å². The molecule has 0 spiro atoms. The van der Waals surface area contributed by atoms with Gasteiger partial charge < -0.3 is 15.5 Å². The van der Waals surface area contributed by atoms with Gasteiger partial charge in [0.05, 0.1) is 0 Å². The Labute approximate surface area is 164 Å². The number of piperidine rings is 1. The van der Waals surface area contributed by atoms with E-state index in [9.17, 15) is 14.4 Å². The summed E-state index contributed by atoms with van der Waals surface area (Å²) in [6.45, 7) is 4.54. The van der Waals surface area contributed by atoms with Crippen LogP contribution in [0.3, 0.4) is 0 Å². The zero-order valence-electron chi connectivity index (χ0n) is 16.2. The van der Waals surface area contributed by atoms with Crippen molar-refractivity contribution in [3.05, 3.63) is 59.7 Å². The first-order valence-electron chi connectivity index (χ1n) is 9.47. The van der Waals surface area contributed by atoms with Crippen molar-refractivity contribution in [3.63, 3.8) is 0 Å². The van der Waals surface area contributed by atoms with E-state index in [1.54, 1.807) is 24.3 Å². The lowest BCUT2D eigenvalue weighted by Crippen LogP contribution is -2.41. The minimum atomic E-state index is -0.158. The van der Waals surface area contributed by atoms with Crippen LogP contribution in [0.5, 0.6) is 0 Å². The Balaban J connectivity index is 1.55. The summed E-state index contributed by atoms with van der Waals surface area (Å²) in [6, 6.07) is 14.7. The van der Waals surface area contributed by atoms with Crippen molar-refractivity contribution >= 4 is 29.1 Å². The standard InChI is InChI=1S/C22H25N3O3/c1-15-5-3-6-18(13-15)22(28)25-11-9-17(10-12-25)21(27)24-20-8-4-7-19(14-20)23-16(2)26/h3-8,13-14,17H,9-12H2,1-2H3,(H,23,26)(H,24,27). The molecule has 1 aliphatic rings. The second kappa shape index (κ2) is 8.69. The predicted octanol–water partition coefficient (Wildman–Crippen LogP) is 3.44. The molecule has 1 saturated heterocycles. The highest BCUT2D eigenvalue weighted by atomic mass is 16.2. The third kappa shape index (κ3) is 4.97. The van der Waals surface area contributed by atoms with Crippen LogP contribution in [0.25, 0.3) is 0 Å². The Morgan fingerprint density at radius 3 is 2.21 bits per heavy atom. The average Bonchev–Trinajstić information content (AvgIpc) is 2.67. The van der Waals surface area contributed by atoms with Gasteiger partial charge >= 0.3 is 0 Å². The number of nitrogens with zero attached hydrogens (tertiary/aromatic N) is 1. The molecule has 0 unspecified atom stereocenters. The van der Waals surface area contributed by atoms with Crippen LogP contribution < -0.4 is 10.6 Å². The summed E-state index contributed by atoms with van der Waals surface area (Å²) in [4.78, 5) is 38.2. The molecule has 0 radical (unpaired) electrons. The van der Waals surface area contributed by atoms with Crippen LogP contribution in [-0.4, -0.2) is 35.7 Å². The molecule has 0 atom stereocenters. The fraction of sp³-hybridized carbons (Fsp3) is 0.318. The third-order valence-corrected chi connectivity index (χ3v) is 4.87. The molecule has 3 rings (SSSR count). The van der Waals surface area contributed by atoms with Gasteiger partial charge in [-0.25, -0.2) is 0 Å². The lowest BCUT2D eigenvalue weighted by Gasteiger charge is -2.31. The molecule has 1 aliphatic heterocycles. The summed E-state index contributed by atoms with van der Waals surface area (Å²) < 4.78 is 0. The maximum Gasteiger partial charge on any atom is 0.253 e. The number of hydrogen-bond acceptors (Lipinski definition) is 3. The molecule has 0 bridgehead atoms. The zero-order valence-corrected chi connectivity index (χ0v) is 16.2. The number of rotatable bonds is 4. The van der Waals surface area contributed by atoms with E-state index in [0.717, 1.165) is 5.56 Å². The highest BCUT2D eigenvalue weighted by Crippen LogP contribution is 2.22. The van der Waals surface area contributed by atoms with Crippen LogP contribution in [-0.2, 0) is 9.59 Å². The molecule has 0 aromatic heterocycles. The molecular weight excluding hydrogens is 354 g/mol. The number of aryl methyl sites for hydroxylation is 1. The van der Waals surface area contributed by atoms with Crippen LogP contribution >= 0.6 is 0 Å². The van der Waals surface area contributed by atoms with Crippen molar-refractivity contribution in [1.82, 2.24) is 4.90 Å². The second-order valence-corrected chi connectivity index (χ2v) is 7.19. The smallest absolute Gasteiger partial charge is 0.253 e. The molecule has 6 heteroatoms. The topological polar surface area (TPSA) is 78.5 Å². The summed E-state index contributed by atoms with van der Waals surface area (Å²) in [5.74, 6) is -0.326. The monoisotopic (exact) mass is 379 g/mol. The van der Waals surface area contributed by atoms with E-state index in [4.69, 9.17) is 0 Å². The maximum absolute atomic E-state index is 12.6. The summed E-state index contributed by atoms with van der Waals surface area (Å²) >= 11 is 0. The van der Waals surface area contributed by atoms with E-state index in [2.05, 4.69) is 10.6 Å². The van der Waals surface area contributed by atoms with Crippen molar-refractivity contribution in [2.45, 2.75) is 26.7 Å². The number of likely N-dealkylation sites (tertiary alicyclic amines) is 1. The lowest BCUT2D eigenvalue weighted by atomic mass is 9.95. The number of amides is 3. The third-order valence-electron chi connectivity index (χ3n) is 4.87. The average molecular weight is 379 g/mol. The summed E-state index contributed by atoms with van der Waals surface area (Å²) in [6.07, 6.45) is 1.27. The number of carbonyl (C=O) groups excluding carboxylic acids is 3.